The molecule has 1 fully saturated rings. The van der Waals surface area contributed by atoms with E-state index in [0.29, 0.717) is 17.1 Å². The van der Waals surface area contributed by atoms with Gasteiger partial charge in [0.05, 0.1) is 36.6 Å². The van der Waals surface area contributed by atoms with Gasteiger partial charge in [-0.05, 0) is 60.8 Å². The topological polar surface area (TPSA) is 71.5 Å². The lowest BCUT2D eigenvalue weighted by molar-refractivity contribution is -0.121. The summed E-state index contributed by atoms with van der Waals surface area (Å²) in [6.45, 7) is 8.26. The molecular formula is C22H21ClN4O2. The number of rotatable bonds is 5. The lowest BCUT2D eigenvalue weighted by Crippen LogP contribution is -2.46. The van der Waals surface area contributed by atoms with Crippen LogP contribution in [0.4, 0.5) is 5.69 Å². The van der Waals surface area contributed by atoms with Crippen LogP contribution < -0.4 is 5.32 Å². The summed E-state index contributed by atoms with van der Waals surface area (Å²) in [5.41, 5.74) is 3.87. The quantitative estimate of drug-likeness (QED) is 0.626. The smallest absolute Gasteiger partial charge is 0.189 e. The van der Waals surface area contributed by atoms with Crippen LogP contribution in [-0.2, 0) is 11.3 Å². The maximum Gasteiger partial charge on any atom is 0.189 e. The molecule has 0 saturated carbocycles. The van der Waals surface area contributed by atoms with Crippen molar-refractivity contribution >= 4 is 34.1 Å². The Balaban J connectivity index is 1.58. The van der Waals surface area contributed by atoms with Crippen molar-refractivity contribution < 1.29 is 9.90 Å². The van der Waals surface area contributed by atoms with E-state index in [2.05, 4.69) is 15.1 Å². The van der Waals surface area contributed by atoms with Crippen LogP contribution in [0.15, 0.2) is 42.7 Å². The van der Waals surface area contributed by atoms with E-state index >= 15 is 0 Å². The molecule has 2 aromatic carbocycles. The van der Waals surface area contributed by atoms with Gasteiger partial charge in [-0.15, -0.1) is 0 Å². The molecule has 0 spiro atoms. The van der Waals surface area contributed by atoms with Gasteiger partial charge in [0.15, 0.2) is 11.5 Å². The van der Waals surface area contributed by atoms with Gasteiger partial charge in [0, 0.05) is 17.5 Å². The molecule has 0 unspecified atom stereocenters. The fraction of sp³-hybridized carbons (Fsp3) is 0.318. The van der Waals surface area contributed by atoms with E-state index in [-0.39, 0.29) is 18.4 Å². The fourth-order valence-electron chi connectivity index (χ4n) is 3.81. The average molecular weight is 409 g/mol. The lowest BCUT2D eigenvalue weighted by Gasteiger charge is -2.28. The van der Waals surface area contributed by atoms with Gasteiger partial charge in [0.1, 0.15) is 0 Å². The summed E-state index contributed by atoms with van der Waals surface area (Å²) in [4.78, 5) is 20.5. The van der Waals surface area contributed by atoms with Crippen molar-refractivity contribution in [3.63, 3.8) is 0 Å². The number of halogens is 1. The molecule has 0 radical (unpaired) electrons. The Morgan fingerprint density at radius 1 is 1.31 bits per heavy atom. The van der Waals surface area contributed by atoms with Gasteiger partial charge < -0.3 is 15.0 Å². The highest BCUT2D eigenvalue weighted by Gasteiger charge is 2.25. The SMILES string of the molecule is [C-]#[N+]c1cc(Cl)cc(-c2ccc3ncn(CC(=O)C[C@H]4NCCC[C@@H]4O)c3c2)c1. The summed E-state index contributed by atoms with van der Waals surface area (Å²) in [5, 5.41) is 13.8. The number of carbonyl (C=O) groups is 1. The van der Waals surface area contributed by atoms with Crippen molar-refractivity contribution in [2.24, 2.45) is 0 Å². The molecule has 1 aliphatic rings. The van der Waals surface area contributed by atoms with Gasteiger partial charge in [0.2, 0.25) is 0 Å². The molecule has 6 nitrogen and oxygen atoms in total. The van der Waals surface area contributed by atoms with Gasteiger partial charge in [-0.1, -0.05) is 17.7 Å². The van der Waals surface area contributed by atoms with E-state index in [4.69, 9.17) is 18.2 Å². The third kappa shape index (κ3) is 4.33. The molecule has 1 aromatic heterocycles. The minimum atomic E-state index is -0.474. The Kier molecular flexibility index (Phi) is 5.63. The highest BCUT2D eigenvalue weighted by atomic mass is 35.5. The summed E-state index contributed by atoms with van der Waals surface area (Å²) in [5.74, 6) is 0.0474. The number of benzene rings is 2. The second-order valence-electron chi connectivity index (χ2n) is 7.40. The molecule has 1 saturated heterocycles. The lowest BCUT2D eigenvalue weighted by atomic mass is 9.97. The molecule has 2 atom stereocenters. The van der Waals surface area contributed by atoms with Crippen molar-refractivity contribution in [1.29, 1.82) is 0 Å². The maximum absolute atomic E-state index is 12.6. The Hall–Kier alpha value is -2.72. The zero-order valence-corrected chi connectivity index (χ0v) is 16.6. The standard InChI is InChI=1S/C22H21ClN4O2/c1-24-17-8-15(7-16(23)10-17)14-4-5-19-21(9-14)27(13-26-19)12-18(28)11-20-22(29)3-2-6-25-20/h4-5,7-10,13,20,22,25,29H,2-3,6,11-12H2/t20-,22+/m1/s1. The van der Waals surface area contributed by atoms with Gasteiger partial charge in [0.25, 0.3) is 0 Å². The Morgan fingerprint density at radius 2 is 2.17 bits per heavy atom. The number of piperidine rings is 1. The Morgan fingerprint density at radius 3 is 2.97 bits per heavy atom. The minimum Gasteiger partial charge on any atom is -0.391 e. The number of aromatic nitrogens is 2. The number of aliphatic hydroxyl groups excluding tert-OH is 1. The van der Waals surface area contributed by atoms with Crippen LogP contribution in [0.2, 0.25) is 5.02 Å². The highest BCUT2D eigenvalue weighted by Crippen LogP contribution is 2.30. The van der Waals surface area contributed by atoms with E-state index in [0.717, 1.165) is 41.5 Å². The zero-order valence-electron chi connectivity index (χ0n) is 15.8. The molecule has 2 heterocycles. The number of hydrogen-bond acceptors (Lipinski definition) is 4. The molecule has 29 heavy (non-hydrogen) atoms. The predicted octanol–water partition coefficient (Wildman–Crippen LogP) is 3.98. The highest BCUT2D eigenvalue weighted by molar-refractivity contribution is 6.31. The monoisotopic (exact) mass is 408 g/mol. The molecule has 0 aliphatic carbocycles. The van der Waals surface area contributed by atoms with Gasteiger partial charge in [-0.25, -0.2) is 9.83 Å². The number of aliphatic hydroxyl groups is 1. The third-order valence-electron chi connectivity index (χ3n) is 5.31. The fourth-order valence-corrected chi connectivity index (χ4v) is 4.04. The minimum absolute atomic E-state index is 0.0474. The Labute approximate surface area is 173 Å². The van der Waals surface area contributed by atoms with E-state index < -0.39 is 6.10 Å². The van der Waals surface area contributed by atoms with Crippen LogP contribution >= 0.6 is 11.6 Å². The molecule has 1 aliphatic heterocycles. The third-order valence-corrected chi connectivity index (χ3v) is 5.53. The number of imidazole rings is 1. The molecule has 148 valence electrons. The van der Waals surface area contributed by atoms with Gasteiger partial charge in [-0.2, -0.15) is 0 Å². The van der Waals surface area contributed by atoms with Crippen molar-refractivity contribution in [2.75, 3.05) is 6.54 Å². The first-order valence-corrected chi connectivity index (χ1v) is 9.98. The number of carbonyl (C=O) groups excluding carboxylic acids is 1. The normalized spacial score (nSPS) is 19.2. The summed E-state index contributed by atoms with van der Waals surface area (Å²) in [7, 11) is 0. The molecule has 7 heteroatoms. The predicted molar refractivity (Wildman–Crippen MR) is 113 cm³/mol. The molecular weight excluding hydrogens is 388 g/mol. The van der Waals surface area contributed by atoms with Crippen LogP contribution in [0, 0.1) is 6.57 Å². The number of fused-ring (bicyclic) bond motifs is 1. The van der Waals surface area contributed by atoms with Crippen molar-refractivity contribution in [3.8, 4) is 11.1 Å². The van der Waals surface area contributed by atoms with E-state index in [9.17, 15) is 9.90 Å². The van der Waals surface area contributed by atoms with Crippen LogP contribution in [0.5, 0.6) is 0 Å². The maximum atomic E-state index is 12.6. The Bertz CT molecular complexity index is 1100. The summed E-state index contributed by atoms with van der Waals surface area (Å²) in [6, 6.07) is 10.9. The van der Waals surface area contributed by atoms with Crippen LogP contribution in [0.3, 0.4) is 0 Å². The largest absolute Gasteiger partial charge is 0.391 e. The van der Waals surface area contributed by atoms with Gasteiger partial charge >= 0.3 is 0 Å². The second kappa shape index (κ2) is 8.34. The number of nitrogens with zero attached hydrogens (tertiary/aromatic N) is 3. The van der Waals surface area contributed by atoms with E-state index in [1.807, 2.05) is 28.8 Å². The number of nitrogens with one attached hydrogen (secondary N) is 1. The molecule has 0 amide bonds. The number of hydrogen-bond donors (Lipinski definition) is 2. The number of Topliss-reactive ketones (excluding diaryl/α,β-unsaturated/α-hetero) is 1. The first-order valence-electron chi connectivity index (χ1n) is 9.60. The molecule has 2 N–H and O–H groups in total. The molecule has 4 rings (SSSR count). The first-order chi connectivity index (χ1) is 14.0. The average Bonchev–Trinajstić information content (AvgIpc) is 3.11. The molecule has 3 aromatic rings. The summed E-state index contributed by atoms with van der Waals surface area (Å²) in [6.07, 6.45) is 3.15. The van der Waals surface area contributed by atoms with E-state index in [1.165, 1.54) is 0 Å². The van der Waals surface area contributed by atoms with Crippen molar-refractivity contribution in [3.05, 3.63) is 59.2 Å². The van der Waals surface area contributed by atoms with Crippen LogP contribution in [-0.4, -0.2) is 39.1 Å². The number of ketones is 1. The van der Waals surface area contributed by atoms with Crippen LogP contribution in [0.25, 0.3) is 27.0 Å². The molecule has 0 bridgehead atoms. The van der Waals surface area contributed by atoms with Gasteiger partial charge in [-0.3, -0.25) is 4.79 Å². The van der Waals surface area contributed by atoms with E-state index in [1.54, 1.807) is 18.5 Å². The van der Waals surface area contributed by atoms with Crippen LogP contribution in [0.1, 0.15) is 19.3 Å². The first kappa shape index (κ1) is 19.6. The van der Waals surface area contributed by atoms with Crippen molar-refractivity contribution in [1.82, 2.24) is 14.9 Å². The second-order valence-corrected chi connectivity index (χ2v) is 7.84. The summed E-state index contributed by atoms with van der Waals surface area (Å²) < 4.78 is 1.83. The van der Waals surface area contributed by atoms with Crippen molar-refractivity contribution in [2.45, 2.75) is 38.0 Å². The summed E-state index contributed by atoms with van der Waals surface area (Å²) >= 11 is 6.15. The zero-order chi connectivity index (χ0) is 20.4.